The average molecular weight is 196 g/mol. The summed E-state index contributed by atoms with van der Waals surface area (Å²) in [5.74, 6) is 0.920. The first-order chi connectivity index (χ1) is 6.77. The maximum Gasteiger partial charge on any atom is 0.260 e. The highest BCUT2D eigenvalue weighted by atomic mass is 16.5. The van der Waals surface area contributed by atoms with E-state index in [2.05, 4.69) is 22.4 Å². The topological polar surface area (TPSA) is 77.0 Å². The molecule has 0 aliphatic carbocycles. The second-order valence-corrected chi connectivity index (χ2v) is 3.87. The van der Waals surface area contributed by atoms with Gasteiger partial charge in [-0.2, -0.15) is 4.98 Å². The summed E-state index contributed by atoms with van der Waals surface area (Å²) in [4.78, 5) is 4.14. The van der Waals surface area contributed by atoms with Gasteiger partial charge in [0.05, 0.1) is 5.41 Å². The summed E-state index contributed by atoms with van der Waals surface area (Å²) < 4.78 is 5.17. The van der Waals surface area contributed by atoms with Crippen LogP contribution in [-0.2, 0) is 5.41 Å². The standard InChI is InChI=1S/C9H16N4O/c1-2-9(4-3-5-11-6-9)7-12-8(10)13-14-7/h11H,2-6H2,1H3,(H2,10,13). The van der Waals surface area contributed by atoms with E-state index in [-0.39, 0.29) is 11.4 Å². The number of nitrogens with two attached hydrogens (primary N) is 1. The lowest BCUT2D eigenvalue weighted by atomic mass is 9.78. The average Bonchev–Trinajstić information content (AvgIpc) is 2.66. The molecule has 0 saturated carbocycles. The Bertz CT molecular complexity index is 304. The van der Waals surface area contributed by atoms with Crippen LogP contribution in [0.2, 0.25) is 0 Å². The number of anilines is 1. The van der Waals surface area contributed by atoms with Crippen molar-refractivity contribution in [1.82, 2.24) is 15.5 Å². The molecule has 1 aliphatic heterocycles. The highest BCUT2D eigenvalue weighted by Gasteiger charge is 2.37. The first-order valence-electron chi connectivity index (χ1n) is 5.07. The van der Waals surface area contributed by atoms with Gasteiger partial charge in [-0.05, 0) is 31.0 Å². The summed E-state index contributed by atoms with van der Waals surface area (Å²) in [5, 5.41) is 7.01. The molecule has 1 unspecified atom stereocenters. The third kappa shape index (κ3) is 1.48. The molecule has 0 amide bonds. The molecule has 1 atom stereocenters. The lowest BCUT2D eigenvalue weighted by molar-refractivity contribution is 0.221. The Balaban J connectivity index is 2.26. The molecular weight excluding hydrogens is 180 g/mol. The van der Waals surface area contributed by atoms with E-state index in [1.807, 2.05) is 0 Å². The zero-order chi connectivity index (χ0) is 10.0. The van der Waals surface area contributed by atoms with E-state index in [9.17, 15) is 0 Å². The summed E-state index contributed by atoms with van der Waals surface area (Å²) in [6.07, 6.45) is 3.25. The van der Waals surface area contributed by atoms with Gasteiger partial charge in [0.25, 0.3) is 5.95 Å². The van der Waals surface area contributed by atoms with Crippen LogP contribution in [0.15, 0.2) is 4.52 Å². The summed E-state index contributed by atoms with van der Waals surface area (Å²) in [5.41, 5.74) is 5.47. The first kappa shape index (κ1) is 9.45. The predicted molar refractivity (Wildman–Crippen MR) is 52.8 cm³/mol. The van der Waals surface area contributed by atoms with Gasteiger partial charge in [-0.25, -0.2) is 0 Å². The quantitative estimate of drug-likeness (QED) is 0.727. The van der Waals surface area contributed by atoms with Crippen molar-refractivity contribution in [2.75, 3.05) is 18.8 Å². The Labute approximate surface area is 83.1 Å². The van der Waals surface area contributed by atoms with Crippen LogP contribution in [0, 0.1) is 0 Å². The van der Waals surface area contributed by atoms with Crippen LogP contribution in [0.4, 0.5) is 5.95 Å². The molecule has 5 heteroatoms. The molecule has 3 N–H and O–H groups in total. The van der Waals surface area contributed by atoms with E-state index in [0.29, 0.717) is 5.89 Å². The molecule has 1 fully saturated rings. The monoisotopic (exact) mass is 196 g/mol. The Kier molecular flexibility index (Phi) is 2.41. The lowest BCUT2D eigenvalue weighted by Crippen LogP contribution is -2.43. The molecular formula is C9H16N4O. The van der Waals surface area contributed by atoms with Gasteiger partial charge >= 0.3 is 0 Å². The largest absolute Gasteiger partial charge is 0.365 e. The molecule has 1 aliphatic rings. The molecule has 1 aromatic heterocycles. The molecule has 78 valence electrons. The highest BCUT2D eigenvalue weighted by molar-refractivity contribution is 5.16. The normalized spacial score (nSPS) is 27.8. The number of piperidine rings is 1. The Morgan fingerprint density at radius 1 is 1.64 bits per heavy atom. The van der Waals surface area contributed by atoms with Crippen molar-refractivity contribution in [2.45, 2.75) is 31.6 Å². The van der Waals surface area contributed by atoms with Crippen LogP contribution in [0.3, 0.4) is 0 Å². The lowest BCUT2D eigenvalue weighted by Gasteiger charge is -2.33. The van der Waals surface area contributed by atoms with Crippen molar-refractivity contribution in [3.05, 3.63) is 5.89 Å². The van der Waals surface area contributed by atoms with Gasteiger partial charge in [0.15, 0.2) is 0 Å². The number of nitrogen functional groups attached to an aromatic ring is 1. The Hall–Kier alpha value is -1.10. The molecule has 14 heavy (non-hydrogen) atoms. The maximum absolute atomic E-state index is 5.46. The van der Waals surface area contributed by atoms with Crippen molar-refractivity contribution < 1.29 is 4.52 Å². The van der Waals surface area contributed by atoms with E-state index in [1.165, 1.54) is 0 Å². The van der Waals surface area contributed by atoms with E-state index >= 15 is 0 Å². The zero-order valence-electron chi connectivity index (χ0n) is 8.42. The van der Waals surface area contributed by atoms with E-state index in [4.69, 9.17) is 10.3 Å². The summed E-state index contributed by atoms with van der Waals surface area (Å²) in [6, 6.07) is 0. The van der Waals surface area contributed by atoms with Crippen LogP contribution < -0.4 is 11.1 Å². The minimum Gasteiger partial charge on any atom is -0.365 e. The third-order valence-corrected chi connectivity index (χ3v) is 3.04. The smallest absolute Gasteiger partial charge is 0.260 e. The summed E-state index contributed by atoms with van der Waals surface area (Å²) in [7, 11) is 0. The van der Waals surface area contributed by atoms with Crippen LogP contribution in [-0.4, -0.2) is 23.2 Å². The minimum absolute atomic E-state index is 0.00285. The molecule has 0 bridgehead atoms. The third-order valence-electron chi connectivity index (χ3n) is 3.04. The van der Waals surface area contributed by atoms with Gasteiger partial charge in [0, 0.05) is 6.54 Å². The van der Waals surface area contributed by atoms with Crippen molar-refractivity contribution >= 4 is 5.95 Å². The van der Waals surface area contributed by atoms with Crippen molar-refractivity contribution in [1.29, 1.82) is 0 Å². The number of nitrogens with one attached hydrogen (secondary N) is 1. The fraction of sp³-hybridized carbons (Fsp3) is 0.778. The minimum atomic E-state index is 0.00285. The SMILES string of the molecule is CCC1(c2nc(N)no2)CCCNC1. The van der Waals surface area contributed by atoms with Gasteiger partial charge in [0.1, 0.15) is 0 Å². The van der Waals surface area contributed by atoms with Gasteiger partial charge in [-0.1, -0.05) is 6.92 Å². The van der Waals surface area contributed by atoms with Crippen LogP contribution in [0.25, 0.3) is 0 Å². The molecule has 0 radical (unpaired) electrons. The second kappa shape index (κ2) is 3.57. The number of nitrogens with zero attached hydrogens (tertiary/aromatic N) is 2. The van der Waals surface area contributed by atoms with Crippen LogP contribution in [0.1, 0.15) is 32.1 Å². The number of hydrogen-bond donors (Lipinski definition) is 2. The Morgan fingerprint density at radius 3 is 3.00 bits per heavy atom. The van der Waals surface area contributed by atoms with E-state index in [1.54, 1.807) is 0 Å². The molecule has 5 nitrogen and oxygen atoms in total. The number of rotatable bonds is 2. The van der Waals surface area contributed by atoms with Gasteiger partial charge < -0.3 is 15.6 Å². The van der Waals surface area contributed by atoms with Crippen molar-refractivity contribution in [2.24, 2.45) is 0 Å². The summed E-state index contributed by atoms with van der Waals surface area (Å²) >= 11 is 0. The van der Waals surface area contributed by atoms with E-state index in [0.717, 1.165) is 32.4 Å². The number of hydrogen-bond acceptors (Lipinski definition) is 5. The molecule has 1 saturated heterocycles. The predicted octanol–water partition coefficient (Wildman–Crippen LogP) is 0.683. The second-order valence-electron chi connectivity index (χ2n) is 3.87. The molecule has 1 aromatic rings. The van der Waals surface area contributed by atoms with E-state index < -0.39 is 0 Å². The summed E-state index contributed by atoms with van der Waals surface area (Å²) in [6.45, 7) is 4.13. The Morgan fingerprint density at radius 2 is 2.50 bits per heavy atom. The van der Waals surface area contributed by atoms with Crippen molar-refractivity contribution in [3.8, 4) is 0 Å². The van der Waals surface area contributed by atoms with Gasteiger partial charge in [-0.3, -0.25) is 0 Å². The zero-order valence-corrected chi connectivity index (χ0v) is 8.42. The first-order valence-corrected chi connectivity index (χ1v) is 5.07. The molecule has 2 heterocycles. The van der Waals surface area contributed by atoms with Crippen LogP contribution in [0.5, 0.6) is 0 Å². The fourth-order valence-electron chi connectivity index (χ4n) is 2.05. The van der Waals surface area contributed by atoms with Crippen LogP contribution >= 0.6 is 0 Å². The van der Waals surface area contributed by atoms with Crippen molar-refractivity contribution in [3.63, 3.8) is 0 Å². The molecule has 0 spiro atoms. The fourth-order valence-corrected chi connectivity index (χ4v) is 2.05. The highest BCUT2D eigenvalue weighted by Crippen LogP contribution is 2.33. The number of aromatic nitrogens is 2. The van der Waals surface area contributed by atoms with Gasteiger partial charge in [0.2, 0.25) is 5.89 Å². The maximum atomic E-state index is 5.46. The molecule has 2 rings (SSSR count). The molecule has 0 aromatic carbocycles. The van der Waals surface area contributed by atoms with Gasteiger partial charge in [-0.15, -0.1) is 0 Å².